The summed E-state index contributed by atoms with van der Waals surface area (Å²) >= 11 is 0. The smallest absolute Gasteiger partial charge is 0.358 e. The molecule has 0 aromatic carbocycles. The second kappa shape index (κ2) is 4.18. The van der Waals surface area contributed by atoms with Crippen LogP contribution in [0.3, 0.4) is 0 Å². The lowest BCUT2D eigenvalue weighted by Gasteiger charge is -1.97. The first-order valence-electron chi connectivity index (χ1n) is 4.80. The van der Waals surface area contributed by atoms with Gasteiger partial charge in [0.1, 0.15) is 0 Å². The number of nitrogens with zero attached hydrogens (tertiary/aromatic N) is 3. The summed E-state index contributed by atoms with van der Waals surface area (Å²) in [4.78, 5) is 19.5. The molecular weight excluding hydrogens is 210 g/mol. The third kappa shape index (κ3) is 1.81. The Labute approximate surface area is 91.8 Å². The Morgan fingerprint density at radius 2 is 2.31 bits per heavy atom. The summed E-state index contributed by atoms with van der Waals surface area (Å²) < 4.78 is 11.5. The van der Waals surface area contributed by atoms with Crippen LogP contribution < -0.4 is 4.74 Å². The van der Waals surface area contributed by atoms with E-state index in [1.54, 1.807) is 23.7 Å². The van der Waals surface area contributed by atoms with Crippen LogP contribution in [0.15, 0.2) is 18.6 Å². The molecule has 2 aromatic rings. The second-order valence-electron chi connectivity index (χ2n) is 3.04. The number of rotatable bonds is 3. The molecule has 2 aromatic heterocycles. The van der Waals surface area contributed by atoms with E-state index >= 15 is 0 Å². The van der Waals surface area contributed by atoms with E-state index < -0.39 is 5.97 Å². The quantitative estimate of drug-likeness (QED) is 0.721. The molecule has 0 spiro atoms. The van der Waals surface area contributed by atoms with Crippen LogP contribution >= 0.6 is 0 Å². The third-order valence-corrected chi connectivity index (χ3v) is 2.01. The Balaban J connectivity index is 2.39. The molecule has 0 N–H and O–H groups in total. The average Bonchev–Trinajstić information content (AvgIpc) is 2.71. The summed E-state index contributed by atoms with van der Waals surface area (Å²) in [5.74, 6) is 0.0190. The molecule has 0 fully saturated rings. The number of esters is 1. The zero-order valence-electron chi connectivity index (χ0n) is 9.01. The normalized spacial score (nSPS) is 10.4. The van der Waals surface area contributed by atoms with Crippen molar-refractivity contribution in [1.82, 2.24) is 14.4 Å². The van der Waals surface area contributed by atoms with E-state index in [4.69, 9.17) is 9.47 Å². The summed E-state index contributed by atoms with van der Waals surface area (Å²) in [6, 6.07) is 0. The zero-order chi connectivity index (χ0) is 11.5. The molecule has 0 aliphatic rings. The molecule has 84 valence electrons. The fourth-order valence-corrected chi connectivity index (χ4v) is 1.29. The minimum Gasteiger partial charge on any atom is -0.480 e. The van der Waals surface area contributed by atoms with E-state index in [9.17, 15) is 4.79 Å². The monoisotopic (exact) mass is 221 g/mol. The molecule has 0 saturated heterocycles. The van der Waals surface area contributed by atoms with Crippen LogP contribution in [0, 0.1) is 0 Å². The maximum atomic E-state index is 11.4. The van der Waals surface area contributed by atoms with Crippen LogP contribution in [0.25, 0.3) is 5.65 Å². The number of methoxy groups -OCH3 is 1. The van der Waals surface area contributed by atoms with Crippen molar-refractivity contribution in [2.75, 3.05) is 13.7 Å². The van der Waals surface area contributed by atoms with E-state index in [1.165, 1.54) is 13.3 Å². The molecule has 6 heteroatoms. The van der Waals surface area contributed by atoms with Crippen molar-refractivity contribution >= 4 is 11.6 Å². The Hall–Kier alpha value is -2.11. The summed E-state index contributed by atoms with van der Waals surface area (Å²) in [5, 5.41) is 0. The summed E-state index contributed by atoms with van der Waals surface area (Å²) in [5.41, 5.74) is 0.834. The van der Waals surface area contributed by atoms with E-state index in [0.29, 0.717) is 18.1 Å². The van der Waals surface area contributed by atoms with Crippen LogP contribution in [-0.4, -0.2) is 34.1 Å². The fraction of sp³-hybridized carbons (Fsp3) is 0.300. The number of hydrogen-bond donors (Lipinski definition) is 0. The first-order valence-corrected chi connectivity index (χ1v) is 4.80. The largest absolute Gasteiger partial charge is 0.480 e. The van der Waals surface area contributed by atoms with Crippen LogP contribution in [0.4, 0.5) is 0 Å². The molecule has 0 unspecified atom stereocenters. The lowest BCUT2D eigenvalue weighted by atomic mass is 10.5. The number of aromatic nitrogens is 3. The van der Waals surface area contributed by atoms with Gasteiger partial charge in [0, 0.05) is 6.20 Å². The fourth-order valence-electron chi connectivity index (χ4n) is 1.29. The average molecular weight is 221 g/mol. The molecule has 6 nitrogen and oxygen atoms in total. The highest BCUT2D eigenvalue weighted by Gasteiger charge is 2.11. The first-order chi connectivity index (χ1) is 7.74. The summed E-state index contributed by atoms with van der Waals surface area (Å²) in [7, 11) is 1.53. The molecule has 0 atom stereocenters. The Morgan fingerprint density at radius 1 is 1.50 bits per heavy atom. The number of carbonyl (C=O) groups excluding carboxylic acids is 1. The van der Waals surface area contributed by atoms with E-state index in [1.807, 2.05) is 0 Å². The number of carbonyl (C=O) groups is 1. The van der Waals surface area contributed by atoms with Gasteiger partial charge in [-0.2, -0.15) is 0 Å². The van der Waals surface area contributed by atoms with Crippen molar-refractivity contribution in [2.24, 2.45) is 0 Å². The molecule has 0 bridgehead atoms. The highest BCUT2D eigenvalue weighted by molar-refractivity contribution is 5.87. The lowest BCUT2D eigenvalue weighted by molar-refractivity contribution is 0.0520. The zero-order valence-corrected chi connectivity index (χ0v) is 9.01. The van der Waals surface area contributed by atoms with Gasteiger partial charge in [0.2, 0.25) is 5.88 Å². The van der Waals surface area contributed by atoms with Crippen LogP contribution in [0.5, 0.6) is 5.88 Å². The van der Waals surface area contributed by atoms with Gasteiger partial charge >= 0.3 is 5.97 Å². The minimum atomic E-state index is -0.440. The van der Waals surface area contributed by atoms with Gasteiger partial charge in [0.25, 0.3) is 0 Å². The molecule has 0 aliphatic heterocycles. The SMILES string of the molecule is CCOC(=O)c1cn2cc(OC)ncc2n1. The second-order valence-corrected chi connectivity index (χ2v) is 3.04. The standard InChI is InChI=1S/C10H11N3O3/c1-3-16-10(14)7-5-13-6-9(15-2)11-4-8(13)12-7/h4-6H,3H2,1-2H3. The van der Waals surface area contributed by atoms with Gasteiger partial charge in [-0.15, -0.1) is 0 Å². The predicted molar refractivity (Wildman–Crippen MR) is 55.5 cm³/mol. The first kappa shape index (κ1) is 10.4. The summed E-state index contributed by atoms with van der Waals surface area (Å²) in [6.45, 7) is 2.08. The Morgan fingerprint density at radius 3 is 3.00 bits per heavy atom. The van der Waals surface area contributed by atoms with E-state index in [2.05, 4.69) is 9.97 Å². The van der Waals surface area contributed by atoms with Crippen molar-refractivity contribution in [3.63, 3.8) is 0 Å². The Kier molecular flexibility index (Phi) is 2.72. The van der Waals surface area contributed by atoms with Gasteiger partial charge < -0.3 is 9.47 Å². The topological polar surface area (TPSA) is 65.7 Å². The van der Waals surface area contributed by atoms with Gasteiger partial charge in [-0.25, -0.2) is 14.8 Å². The molecule has 0 radical (unpaired) electrons. The van der Waals surface area contributed by atoms with Crippen molar-refractivity contribution in [3.8, 4) is 5.88 Å². The predicted octanol–water partition coefficient (Wildman–Crippen LogP) is 0.915. The van der Waals surface area contributed by atoms with Gasteiger partial charge in [-0.3, -0.25) is 4.40 Å². The van der Waals surface area contributed by atoms with Crippen molar-refractivity contribution in [2.45, 2.75) is 6.92 Å². The highest BCUT2D eigenvalue weighted by Crippen LogP contribution is 2.10. The number of fused-ring (bicyclic) bond motifs is 1. The van der Waals surface area contributed by atoms with Gasteiger partial charge in [0.05, 0.1) is 26.1 Å². The highest BCUT2D eigenvalue weighted by atomic mass is 16.5. The third-order valence-electron chi connectivity index (χ3n) is 2.01. The number of hydrogen-bond acceptors (Lipinski definition) is 5. The van der Waals surface area contributed by atoms with E-state index in [-0.39, 0.29) is 5.69 Å². The molecule has 2 heterocycles. The van der Waals surface area contributed by atoms with Gasteiger partial charge in [-0.1, -0.05) is 0 Å². The lowest BCUT2D eigenvalue weighted by Crippen LogP contribution is -2.04. The van der Waals surface area contributed by atoms with Gasteiger partial charge in [-0.05, 0) is 6.92 Å². The van der Waals surface area contributed by atoms with Crippen molar-refractivity contribution < 1.29 is 14.3 Å². The molecule has 0 aliphatic carbocycles. The molecule has 16 heavy (non-hydrogen) atoms. The molecule has 0 amide bonds. The van der Waals surface area contributed by atoms with Crippen LogP contribution in [0.2, 0.25) is 0 Å². The number of ether oxygens (including phenoxy) is 2. The maximum Gasteiger partial charge on any atom is 0.358 e. The maximum absolute atomic E-state index is 11.4. The van der Waals surface area contributed by atoms with Crippen molar-refractivity contribution in [3.05, 3.63) is 24.3 Å². The van der Waals surface area contributed by atoms with E-state index in [0.717, 1.165) is 0 Å². The molecule has 0 saturated carbocycles. The van der Waals surface area contributed by atoms with Gasteiger partial charge in [0.15, 0.2) is 11.3 Å². The van der Waals surface area contributed by atoms with Crippen molar-refractivity contribution in [1.29, 1.82) is 0 Å². The Bertz CT molecular complexity index is 521. The summed E-state index contributed by atoms with van der Waals surface area (Å²) in [6.07, 6.45) is 4.75. The molecular formula is C10H11N3O3. The number of imidazole rings is 1. The minimum absolute atomic E-state index is 0.261. The molecule has 2 rings (SSSR count). The van der Waals surface area contributed by atoms with Crippen LogP contribution in [-0.2, 0) is 4.74 Å². The van der Waals surface area contributed by atoms with Crippen LogP contribution in [0.1, 0.15) is 17.4 Å².